The minimum absolute atomic E-state index is 0.749. The zero-order valence-electron chi connectivity index (χ0n) is 16.0. The second-order valence-electron chi connectivity index (χ2n) is 7.30. The van der Waals surface area contributed by atoms with Crippen molar-refractivity contribution in [2.45, 2.75) is 58.3 Å². The maximum atomic E-state index is 3.29. The van der Waals surface area contributed by atoms with Crippen LogP contribution in [0.5, 0.6) is 0 Å². The Hall–Kier alpha value is -2.44. The molecular formula is C26H28. The van der Waals surface area contributed by atoms with Gasteiger partial charge in [0.25, 0.3) is 0 Å². The van der Waals surface area contributed by atoms with Gasteiger partial charge in [0.2, 0.25) is 0 Å². The van der Waals surface area contributed by atoms with Gasteiger partial charge in [-0.15, -0.1) is 5.92 Å². The van der Waals surface area contributed by atoms with Crippen LogP contribution in [0.1, 0.15) is 74.1 Å². The normalized spacial score (nSPS) is 19.0. The van der Waals surface area contributed by atoms with Gasteiger partial charge < -0.3 is 0 Å². The molecule has 0 heterocycles. The summed E-state index contributed by atoms with van der Waals surface area (Å²) in [6.45, 7) is 4.20. The Morgan fingerprint density at radius 3 is 1.92 bits per heavy atom. The monoisotopic (exact) mass is 340 g/mol. The van der Waals surface area contributed by atoms with Gasteiger partial charge in [-0.25, -0.2) is 0 Å². The van der Waals surface area contributed by atoms with Crippen LogP contribution in [-0.4, -0.2) is 0 Å². The van der Waals surface area contributed by atoms with E-state index >= 15 is 0 Å². The number of hydrogen-bond donors (Lipinski definition) is 0. The Labute approximate surface area is 159 Å². The zero-order chi connectivity index (χ0) is 18.2. The van der Waals surface area contributed by atoms with Gasteiger partial charge in [0.1, 0.15) is 0 Å². The molecule has 0 amide bonds. The van der Waals surface area contributed by atoms with Crippen LogP contribution >= 0.6 is 0 Å². The molecule has 0 aromatic heterocycles. The Balaban J connectivity index is 1.61. The van der Waals surface area contributed by atoms with Crippen molar-refractivity contribution in [2.24, 2.45) is 5.92 Å². The molecule has 132 valence electrons. The maximum absolute atomic E-state index is 3.29. The predicted octanol–water partition coefficient (Wildman–Crippen LogP) is 6.34. The van der Waals surface area contributed by atoms with E-state index in [-0.39, 0.29) is 0 Å². The summed E-state index contributed by atoms with van der Waals surface area (Å²) >= 11 is 0. The van der Waals surface area contributed by atoms with Crippen LogP contribution in [0.25, 0.3) is 0 Å². The van der Waals surface area contributed by atoms with Crippen molar-refractivity contribution < 1.29 is 0 Å². The van der Waals surface area contributed by atoms with Crippen molar-refractivity contribution in [1.82, 2.24) is 0 Å². The van der Waals surface area contributed by atoms with Crippen LogP contribution in [0.3, 0.4) is 0 Å². The molecule has 2 aromatic carbocycles. The summed E-state index contributed by atoms with van der Waals surface area (Å²) < 4.78 is 0. The molecule has 3 rings (SSSR count). The van der Waals surface area contributed by atoms with E-state index in [4.69, 9.17) is 0 Å². The van der Waals surface area contributed by atoms with E-state index in [9.17, 15) is 0 Å². The fourth-order valence-corrected chi connectivity index (χ4v) is 3.78. The second-order valence-corrected chi connectivity index (χ2v) is 7.30. The lowest BCUT2D eigenvalue weighted by atomic mass is 9.78. The topological polar surface area (TPSA) is 0 Å². The molecule has 1 fully saturated rings. The Morgan fingerprint density at radius 2 is 1.38 bits per heavy atom. The second kappa shape index (κ2) is 9.31. The van der Waals surface area contributed by atoms with Gasteiger partial charge in [0.15, 0.2) is 0 Å². The zero-order valence-corrected chi connectivity index (χ0v) is 16.0. The highest BCUT2D eigenvalue weighted by molar-refractivity contribution is 5.44. The highest BCUT2D eigenvalue weighted by Gasteiger charge is 2.20. The van der Waals surface area contributed by atoms with Crippen molar-refractivity contribution in [2.75, 3.05) is 0 Å². The van der Waals surface area contributed by atoms with Gasteiger partial charge in [-0.1, -0.05) is 55.4 Å². The summed E-state index contributed by atoms with van der Waals surface area (Å²) in [5.41, 5.74) is 4.88. The average molecular weight is 341 g/mol. The summed E-state index contributed by atoms with van der Waals surface area (Å²) in [5.74, 6) is 14.3. The average Bonchev–Trinajstić information content (AvgIpc) is 2.72. The van der Waals surface area contributed by atoms with Crippen LogP contribution in [0.2, 0.25) is 0 Å². The summed E-state index contributed by atoms with van der Waals surface area (Å²) in [5, 5.41) is 0. The maximum Gasteiger partial charge on any atom is 0.0340 e. The lowest BCUT2D eigenvalue weighted by Gasteiger charge is -2.28. The molecule has 26 heavy (non-hydrogen) atoms. The first-order valence-corrected chi connectivity index (χ1v) is 9.89. The van der Waals surface area contributed by atoms with Gasteiger partial charge in [-0.2, -0.15) is 0 Å². The Morgan fingerprint density at radius 1 is 0.808 bits per heavy atom. The molecule has 0 spiro atoms. The Kier molecular flexibility index (Phi) is 6.57. The molecule has 0 heteroatoms. The molecule has 0 aliphatic heterocycles. The number of benzene rings is 2. The first-order chi connectivity index (χ1) is 12.8. The smallest absolute Gasteiger partial charge is 0.0340 e. The van der Waals surface area contributed by atoms with E-state index in [0.29, 0.717) is 0 Å². The number of hydrogen-bond acceptors (Lipinski definition) is 0. The third-order valence-corrected chi connectivity index (χ3v) is 5.58. The first-order valence-electron chi connectivity index (χ1n) is 9.89. The molecule has 2 aromatic rings. The largest absolute Gasteiger partial charge is 0.106 e. The summed E-state index contributed by atoms with van der Waals surface area (Å²) in [6.07, 6.45) is 7.63. The van der Waals surface area contributed by atoms with Gasteiger partial charge in [0, 0.05) is 17.5 Å². The highest BCUT2D eigenvalue weighted by Crippen LogP contribution is 2.36. The summed E-state index contributed by atoms with van der Waals surface area (Å²) in [7, 11) is 0. The summed E-state index contributed by atoms with van der Waals surface area (Å²) in [6, 6.07) is 17.3. The fraction of sp³-hybridized carbons (Fsp3) is 0.385. The lowest BCUT2D eigenvalue weighted by molar-refractivity contribution is 0.319. The van der Waals surface area contributed by atoms with Gasteiger partial charge >= 0.3 is 0 Å². The SMILES string of the molecule is CC#CCc1ccc(C#Cc2ccc(C3CCC(CC)CC3)cc2)cc1. The molecule has 0 N–H and O–H groups in total. The van der Waals surface area contributed by atoms with E-state index in [1.165, 1.54) is 43.2 Å². The molecular weight excluding hydrogens is 312 g/mol. The van der Waals surface area contributed by atoms with E-state index in [0.717, 1.165) is 29.4 Å². The van der Waals surface area contributed by atoms with Crippen molar-refractivity contribution >= 4 is 0 Å². The van der Waals surface area contributed by atoms with Crippen LogP contribution in [0, 0.1) is 29.6 Å². The van der Waals surface area contributed by atoms with Crippen molar-refractivity contribution in [3.05, 3.63) is 70.8 Å². The van der Waals surface area contributed by atoms with E-state index in [1.807, 2.05) is 6.92 Å². The van der Waals surface area contributed by atoms with Crippen LogP contribution in [0.15, 0.2) is 48.5 Å². The van der Waals surface area contributed by atoms with Gasteiger partial charge in [-0.3, -0.25) is 0 Å². The van der Waals surface area contributed by atoms with Crippen LogP contribution < -0.4 is 0 Å². The van der Waals surface area contributed by atoms with E-state index in [1.54, 1.807) is 0 Å². The predicted molar refractivity (Wildman–Crippen MR) is 111 cm³/mol. The molecule has 0 saturated heterocycles. The van der Waals surface area contributed by atoms with Gasteiger partial charge in [0.05, 0.1) is 0 Å². The van der Waals surface area contributed by atoms with Crippen molar-refractivity contribution in [1.29, 1.82) is 0 Å². The van der Waals surface area contributed by atoms with Gasteiger partial charge in [-0.05, 0) is 79.8 Å². The standard InChI is InChI=1S/C26H28/c1-3-5-6-22-7-9-23(10-8-22)11-12-24-15-19-26(20-16-24)25-17-13-21(4-2)14-18-25/h7-10,15-16,19-21,25H,4,6,13-14,17-18H2,1-2H3. The van der Waals surface area contributed by atoms with Crippen LogP contribution in [0.4, 0.5) is 0 Å². The molecule has 1 aliphatic carbocycles. The molecule has 0 bridgehead atoms. The van der Waals surface area contributed by atoms with Crippen molar-refractivity contribution in [3.63, 3.8) is 0 Å². The minimum atomic E-state index is 0.749. The number of rotatable bonds is 3. The quantitative estimate of drug-likeness (QED) is 0.572. The lowest BCUT2D eigenvalue weighted by Crippen LogP contribution is -2.12. The molecule has 0 atom stereocenters. The Bertz CT molecular complexity index is 808. The molecule has 1 saturated carbocycles. The van der Waals surface area contributed by atoms with E-state index < -0.39 is 0 Å². The summed E-state index contributed by atoms with van der Waals surface area (Å²) in [4.78, 5) is 0. The van der Waals surface area contributed by atoms with E-state index in [2.05, 4.69) is 79.1 Å². The molecule has 1 aliphatic rings. The molecule has 0 radical (unpaired) electrons. The highest BCUT2D eigenvalue weighted by atomic mass is 14.3. The minimum Gasteiger partial charge on any atom is -0.106 e. The van der Waals surface area contributed by atoms with Crippen molar-refractivity contribution in [3.8, 4) is 23.7 Å². The first kappa shape index (κ1) is 18.4. The van der Waals surface area contributed by atoms with Crippen LogP contribution in [-0.2, 0) is 6.42 Å². The third kappa shape index (κ3) is 5.03. The molecule has 0 nitrogen and oxygen atoms in total. The fourth-order valence-electron chi connectivity index (χ4n) is 3.78. The molecule has 0 unspecified atom stereocenters. The third-order valence-electron chi connectivity index (χ3n) is 5.58.